The van der Waals surface area contributed by atoms with E-state index in [0.717, 1.165) is 0 Å². The van der Waals surface area contributed by atoms with E-state index < -0.39 is 6.04 Å². The molecule has 0 saturated heterocycles. The minimum absolute atomic E-state index is 0.225. The molecule has 0 heterocycles. The van der Waals surface area contributed by atoms with Crippen molar-refractivity contribution >= 4 is 29.1 Å². The molecule has 0 aliphatic heterocycles. The number of hydrogen-bond donors (Lipinski definition) is 2. The maximum absolute atomic E-state index is 12.5. The van der Waals surface area contributed by atoms with Gasteiger partial charge in [-0.25, -0.2) is 0 Å². The molecule has 0 aliphatic rings. The lowest BCUT2D eigenvalue weighted by Gasteiger charge is -2.20. The molecule has 2 aromatic rings. The summed E-state index contributed by atoms with van der Waals surface area (Å²) in [6, 6.07) is 15.2. The first kappa shape index (κ1) is 18.0. The van der Waals surface area contributed by atoms with E-state index >= 15 is 0 Å². The van der Waals surface area contributed by atoms with Crippen molar-refractivity contribution in [3.63, 3.8) is 0 Å². The van der Waals surface area contributed by atoms with Gasteiger partial charge in [0.15, 0.2) is 0 Å². The number of amides is 2. The smallest absolute Gasteiger partial charge is 0.251 e. The summed E-state index contributed by atoms with van der Waals surface area (Å²) in [6.07, 6.45) is 0.554. The van der Waals surface area contributed by atoms with E-state index in [-0.39, 0.29) is 17.7 Å². The number of para-hydroxylation sites is 1. The van der Waals surface area contributed by atoms with Crippen LogP contribution in [0.1, 0.15) is 30.6 Å². The molecule has 2 aromatic carbocycles. The summed E-state index contributed by atoms with van der Waals surface area (Å²) in [7, 11) is 0. The van der Waals surface area contributed by atoms with Crippen LogP contribution in [0.15, 0.2) is 54.6 Å². The van der Waals surface area contributed by atoms with Crippen molar-refractivity contribution in [1.82, 2.24) is 5.32 Å². The van der Waals surface area contributed by atoms with Crippen LogP contribution in [0.2, 0.25) is 5.02 Å². The number of hydrogen-bond acceptors (Lipinski definition) is 2. The second kappa shape index (κ2) is 8.50. The van der Waals surface area contributed by atoms with Crippen molar-refractivity contribution in [2.24, 2.45) is 5.92 Å². The lowest BCUT2D eigenvalue weighted by Crippen LogP contribution is -2.44. The molecule has 4 nitrogen and oxygen atoms in total. The van der Waals surface area contributed by atoms with Gasteiger partial charge in [0.1, 0.15) is 6.04 Å². The molecule has 0 spiro atoms. The van der Waals surface area contributed by atoms with Crippen molar-refractivity contribution in [2.75, 3.05) is 5.32 Å². The molecule has 0 fully saturated rings. The van der Waals surface area contributed by atoms with Crippen LogP contribution in [0.4, 0.5) is 5.69 Å². The molecule has 126 valence electrons. The third kappa shape index (κ3) is 5.39. The van der Waals surface area contributed by atoms with E-state index in [1.165, 1.54) is 0 Å². The second-order valence-electron chi connectivity index (χ2n) is 6.02. The van der Waals surface area contributed by atoms with Crippen molar-refractivity contribution in [2.45, 2.75) is 26.3 Å². The first-order chi connectivity index (χ1) is 11.5. The summed E-state index contributed by atoms with van der Waals surface area (Å²) in [5.41, 5.74) is 1.18. The van der Waals surface area contributed by atoms with Gasteiger partial charge in [-0.2, -0.15) is 0 Å². The minimum Gasteiger partial charge on any atom is -0.340 e. The first-order valence-corrected chi connectivity index (χ1v) is 8.26. The molecule has 1 atom stereocenters. The Bertz CT molecular complexity index is 684. The van der Waals surface area contributed by atoms with Gasteiger partial charge in [0, 0.05) is 16.3 Å². The fourth-order valence-electron chi connectivity index (χ4n) is 2.30. The minimum atomic E-state index is -0.603. The summed E-state index contributed by atoms with van der Waals surface area (Å²) < 4.78 is 0. The Morgan fingerprint density at radius 2 is 1.62 bits per heavy atom. The zero-order valence-electron chi connectivity index (χ0n) is 13.8. The van der Waals surface area contributed by atoms with Crippen LogP contribution in [-0.2, 0) is 4.79 Å². The van der Waals surface area contributed by atoms with Gasteiger partial charge < -0.3 is 10.6 Å². The predicted molar refractivity (Wildman–Crippen MR) is 97.2 cm³/mol. The Balaban J connectivity index is 2.08. The summed E-state index contributed by atoms with van der Waals surface area (Å²) in [6.45, 7) is 4.02. The van der Waals surface area contributed by atoms with Crippen LogP contribution < -0.4 is 10.6 Å². The Morgan fingerprint density at radius 3 is 2.21 bits per heavy atom. The van der Waals surface area contributed by atoms with E-state index in [2.05, 4.69) is 10.6 Å². The zero-order valence-corrected chi connectivity index (χ0v) is 14.5. The molecular formula is C19H21ClN2O2. The lowest BCUT2D eigenvalue weighted by atomic mass is 10.0. The number of nitrogens with one attached hydrogen (secondary N) is 2. The van der Waals surface area contributed by atoms with Crippen LogP contribution in [-0.4, -0.2) is 17.9 Å². The molecule has 2 rings (SSSR count). The normalized spacial score (nSPS) is 11.8. The predicted octanol–water partition coefficient (Wildman–Crippen LogP) is 4.12. The molecule has 2 N–H and O–H groups in total. The molecule has 0 saturated carbocycles. The van der Waals surface area contributed by atoms with Gasteiger partial charge in [-0.05, 0) is 48.7 Å². The van der Waals surface area contributed by atoms with Crippen LogP contribution in [0.3, 0.4) is 0 Å². The van der Waals surface area contributed by atoms with Crippen molar-refractivity contribution in [3.8, 4) is 0 Å². The number of carbonyl (C=O) groups is 2. The van der Waals surface area contributed by atoms with Crippen molar-refractivity contribution in [1.29, 1.82) is 0 Å². The number of rotatable bonds is 6. The Hall–Kier alpha value is -2.33. The Kier molecular flexibility index (Phi) is 6.38. The van der Waals surface area contributed by atoms with Gasteiger partial charge in [-0.3, -0.25) is 9.59 Å². The number of carbonyl (C=O) groups excluding carboxylic acids is 2. The largest absolute Gasteiger partial charge is 0.340 e. The van der Waals surface area contributed by atoms with Crippen molar-refractivity contribution < 1.29 is 9.59 Å². The Morgan fingerprint density at radius 1 is 1.00 bits per heavy atom. The van der Waals surface area contributed by atoms with Crippen LogP contribution >= 0.6 is 11.6 Å². The monoisotopic (exact) mass is 344 g/mol. The number of benzene rings is 2. The number of anilines is 1. The fraction of sp³-hybridized carbons (Fsp3) is 0.263. The van der Waals surface area contributed by atoms with E-state index in [1.807, 2.05) is 44.2 Å². The summed E-state index contributed by atoms with van der Waals surface area (Å²) >= 11 is 5.84. The highest BCUT2D eigenvalue weighted by atomic mass is 35.5. The summed E-state index contributed by atoms with van der Waals surface area (Å²) in [4.78, 5) is 24.9. The topological polar surface area (TPSA) is 58.2 Å². The standard InChI is InChI=1S/C19H21ClN2O2/c1-13(2)12-17(19(24)21-16-6-4-3-5-7-16)22-18(23)14-8-10-15(20)11-9-14/h3-11,13,17H,12H2,1-2H3,(H,21,24)(H,22,23). The van der Waals surface area contributed by atoms with Crippen LogP contribution in [0.25, 0.3) is 0 Å². The number of halogens is 1. The van der Waals surface area contributed by atoms with Crippen LogP contribution in [0, 0.1) is 5.92 Å². The van der Waals surface area contributed by atoms with Gasteiger partial charge in [-0.15, -0.1) is 0 Å². The van der Waals surface area contributed by atoms with E-state index in [9.17, 15) is 9.59 Å². The lowest BCUT2D eigenvalue weighted by molar-refractivity contribution is -0.118. The van der Waals surface area contributed by atoms with Crippen molar-refractivity contribution in [3.05, 3.63) is 65.2 Å². The van der Waals surface area contributed by atoms with Gasteiger partial charge in [0.25, 0.3) is 5.91 Å². The maximum atomic E-state index is 12.5. The fourth-order valence-corrected chi connectivity index (χ4v) is 2.42. The molecule has 24 heavy (non-hydrogen) atoms. The SMILES string of the molecule is CC(C)CC(NC(=O)c1ccc(Cl)cc1)C(=O)Nc1ccccc1. The highest BCUT2D eigenvalue weighted by Crippen LogP contribution is 2.13. The third-order valence-electron chi connectivity index (χ3n) is 3.48. The average Bonchev–Trinajstić information content (AvgIpc) is 2.55. The zero-order chi connectivity index (χ0) is 17.5. The molecule has 0 bridgehead atoms. The first-order valence-electron chi connectivity index (χ1n) is 7.88. The molecule has 5 heteroatoms. The van der Waals surface area contributed by atoms with Gasteiger partial charge in [0.05, 0.1) is 0 Å². The van der Waals surface area contributed by atoms with E-state index in [1.54, 1.807) is 24.3 Å². The molecule has 1 unspecified atom stereocenters. The van der Waals surface area contributed by atoms with Gasteiger partial charge >= 0.3 is 0 Å². The molecule has 0 aromatic heterocycles. The molecule has 2 amide bonds. The van der Waals surface area contributed by atoms with Gasteiger partial charge in [0.2, 0.25) is 5.91 Å². The van der Waals surface area contributed by atoms with Gasteiger partial charge in [-0.1, -0.05) is 43.6 Å². The second-order valence-corrected chi connectivity index (χ2v) is 6.45. The van der Waals surface area contributed by atoms with E-state index in [0.29, 0.717) is 22.7 Å². The molecule has 0 aliphatic carbocycles. The maximum Gasteiger partial charge on any atom is 0.251 e. The van der Waals surface area contributed by atoms with E-state index in [4.69, 9.17) is 11.6 Å². The summed E-state index contributed by atoms with van der Waals surface area (Å²) in [5, 5.41) is 6.21. The van der Waals surface area contributed by atoms with Crippen LogP contribution in [0.5, 0.6) is 0 Å². The molecular weight excluding hydrogens is 324 g/mol. The third-order valence-corrected chi connectivity index (χ3v) is 3.73. The quantitative estimate of drug-likeness (QED) is 0.828. The summed E-state index contributed by atoms with van der Waals surface area (Å²) in [5.74, 6) is -0.250. The highest BCUT2D eigenvalue weighted by Gasteiger charge is 2.22. The highest BCUT2D eigenvalue weighted by molar-refractivity contribution is 6.30. The Labute approximate surface area is 147 Å². The average molecular weight is 345 g/mol. The molecule has 0 radical (unpaired) electrons.